The average Bonchev–Trinajstić information content (AvgIpc) is 2.35. The molecule has 0 N–H and O–H groups in total. The van der Waals surface area contributed by atoms with Gasteiger partial charge in [0.25, 0.3) is 0 Å². The normalized spacial score (nSPS) is 13.4. The van der Waals surface area contributed by atoms with Crippen LogP contribution in [0.5, 0.6) is 0 Å². The first-order valence-electron chi connectivity index (χ1n) is 3.52. The summed E-state index contributed by atoms with van der Waals surface area (Å²) in [6.07, 6.45) is 1.10. The van der Waals surface area contributed by atoms with Crippen LogP contribution >= 0.6 is 38.9 Å². The van der Waals surface area contributed by atoms with Crippen molar-refractivity contribution in [3.05, 3.63) is 20.8 Å². The summed E-state index contributed by atoms with van der Waals surface area (Å²) in [7, 11) is 0. The molecule has 0 fully saturated rings. The Morgan fingerprint density at radius 2 is 2.36 bits per heavy atom. The number of halogens is 2. The standard InChI is InChI=1S/C8H10BrClS/c1-6(5-10)4-7-2-3-8(9)11-7/h2-3,6H,4-5H2,1H3. The van der Waals surface area contributed by atoms with Gasteiger partial charge >= 0.3 is 0 Å². The van der Waals surface area contributed by atoms with Crippen molar-refractivity contribution < 1.29 is 0 Å². The number of alkyl halides is 1. The lowest BCUT2D eigenvalue weighted by Crippen LogP contribution is -1.98. The molecule has 1 aromatic heterocycles. The fraction of sp³-hybridized carbons (Fsp3) is 0.500. The largest absolute Gasteiger partial charge is 0.133 e. The summed E-state index contributed by atoms with van der Waals surface area (Å²) in [6.45, 7) is 2.17. The summed E-state index contributed by atoms with van der Waals surface area (Å²) in [5.74, 6) is 1.33. The Labute approximate surface area is 84.7 Å². The van der Waals surface area contributed by atoms with Gasteiger partial charge in [0.2, 0.25) is 0 Å². The molecule has 0 aliphatic rings. The van der Waals surface area contributed by atoms with E-state index in [-0.39, 0.29) is 0 Å². The monoisotopic (exact) mass is 252 g/mol. The first kappa shape index (κ1) is 9.56. The molecular formula is C8H10BrClS. The molecule has 1 unspecified atom stereocenters. The molecule has 0 saturated heterocycles. The molecule has 0 amide bonds. The Hall–Kier alpha value is 0.470. The molecule has 3 heteroatoms. The van der Waals surface area contributed by atoms with Crippen LogP contribution in [0.15, 0.2) is 15.9 Å². The van der Waals surface area contributed by atoms with Crippen molar-refractivity contribution in [1.82, 2.24) is 0 Å². The Balaban J connectivity index is 2.50. The Bertz CT molecular complexity index is 222. The predicted molar refractivity (Wildman–Crippen MR) is 55.6 cm³/mol. The van der Waals surface area contributed by atoms with Crippen LogP contribution in [0.25, 0.3) is 0 Å². The van der Waals surface area contributed by atoms with Gasteiger partial charge in [-0.15, -0.1) is 22.9 Å². The van der Waals surface area contributed by atoms with Crippen molar-refractivity contribution in [3.63, 3.8) is 0 Å². The maximum absolute atomic E-state index is 5.70. The van der Waals surface area contributed by atoms with Gasteiger partial charge in [-0.1, -0.05) is 6.92 Å². The van der Waals surface area contributed by atoms with Crippen molar-refractivity contribution in [2.24, 2.45) is 5.92 Å². The zero-order chi connectivity index (χ0) is 8.27. The lowest BCUT2D eigenvalue weighted by atomic mass is 10.1. The summed E-state index contributed by atoms with van der Waals surface area (Å²) in [5.41, 5.74) is 0. The van der Waals surface area contributed by atoms with Gasteiger partial charge in [-0.05, 0) is 40.4 Å². The molecule has 1 aromatic rings. The SMILES string of the molecule is CC(CCl)Cc1ccc(Br)s1. The van der Waals surface area contributed by atoms with E-state index in [2.05, 4.69) is 35.0 Å². The molecule has 0 saturated carbocycles. The van der Waals surface area contributed by atoms with Crippen LogP contribution < -0.4 is 0 Å². The molecule has 62 valence electrons. The minimum absolute atomic E-state index is 0.585. The number of thiophene rings is 1. The highest BCUT2D eigenvalue weighted by Crippen LogP contribution is 2.24. The molecule has 0 aliphatic heterocycles. The highest BCUT2D eigenvalue weighted by molar-refractivity contribution is 9.11. The average molecular weight is 254 g/mol. The van der Waals surface area contributed by atoms with E-state index in [1.807, 2.05) is 0 Å². The molecule has 11 heavy (non-hydrogen) atoms. The molecule has 0 bridgehead atoms. The van der Waals surface area contributed by atoms with Crippen molar-refractivity contribution in [1.29, 1.82) is 0 Å². The Morgan fingerprint density at radius 3 is 2.82 bits per heavy atom. The molecule has 1 atom stereocenters. The summed E-state index contributed by atoms with van der Waals surface area (Å²) in [6, 6.07) is 4.23. The van der Waals surface area contributed by atoms with Gasteiger partial charge in [0, 0.05) is 10.8 Å². The molecule has 0 nitrogen and oxygen atoms in total. The van der Waals surface area contributed by atoms with Gasteiger partial charge in [-0.3, -0.25) is 0 Å². The van der Waals surface area contributed by atoms with E-state index in [1.165, 1.54) is 8.66 Å². The van der Waals surface area contributed by atoms with Crippen LogP contribution in [0.3, 0.4) is 0 Å². The number of hydrogen-bond acceptors (Lipinski definition) is 1. The van der Waals surface area contributed by atoms with Crippen LogP contribution in [0.4, 0.5) is 0 Å². The molecule has 0 aromatic carbocycles. The summed E-state index contributed by atoms with van der Waals surface area (Å²) >= 11 is 10.9. The smallest absolute Gasteiger partial charge is 0.0701 e. The van der Waals surface area contributed by atoms with Gasteiger partial charge < -0.3 is 0 Å². The van der Waals surface area contributed by atoms with Gasteiger partial charge in [-0.2, -0.15) is 0 Å². The lowest BCUT2D eigenvalue weighted by molar-refractivity contribution is 0.662. The van der Waals surface area contributed by atoms with Crippen molar-refractivity contribution in [2.45, 2.75) is 13.3 Å². The van der Waals surface area contributed by atoms with Crippen molar-refractivity contribution >= 4 is 38.9 Å². The van der Waals surface area contributed by atoms with Crippen LogP contribution in [0.1, 0.15) is 11.8 Å². The molecular weight excluding hydrogens is 244 g/mol. The number of rotatable bonds is 3. The van der Waals surface area contributed by atoms with Gasteiger partial charge in [0.15, 0.2) is 0 Å². The predicted octanol–water partition coefficient (Wildman–Crippen LogP) is 3.93. The van der Waals surface area contributed by atoms with Crippen LogP contribution in [-0.4, -0.2) is 5.88 Å². The van der Waals surface area contributed by atoms with E-state index < -0.39 is 0 Å². The van der Waals surface area contributed by atoms with Crippen LogP contribution in [-0.2, 0) is 6.42 Å². The summed E-state index contributed by atoms with van der Waals surface area (Å²) in [5, 5.41) is 0. The maximum atomic E-state index is 5.70. The minimum Gasteiger partial charge on any atom is -0.133 e. The second kappa shape index (κ2) is 4.48. The van der Waals surface area contributed by atoms with E-state index in [4.69, 9.17) is 11.6 Å². The van der Waals surface area contributed by atoms with E-state index in [9.17, 15) is 0 Å². The third kappa shape index (κ3) is 3.14. The van der Waals surface area contributed by atoms with Gasteiger partial charge in [0.1, 0.15) is 0 Å². The molecule has 1 heterocycles. The van der Waals surface area contributed by atoms with E-state index in [1.54, 1.807) is 11.3 Å². The topological polar surface area (TPSA) is 0 Å². The minimum atomic E-state index is 0.585. The van der Waals surface area contributed by atoms with Crippen LogP contribution in [0, 0.1) is 5.92 Å². The van der Waals surface area contributed by atoms with Gasteiger partial charge in [-0.25, -0.2) is 0 Å². The highest BCUT2D eigenvalue weighted by atomic mass is 79.9. The van der Waals surface area contributed by atoms with E-state index in [0.29, 0.717) is 5.92 Å². The molecule has 0 aliphatic carbocycles. The summed E-state index contributed by atoms with van der Waals surface area (Å²) < 4.78 is 1.20. The summed E-state index contributed by atoms with van der Waals surface area (Å²) in [4.78, 5) is 1.41. The van der Waals surface area contributed by atoms with E-state index in [0.717, 1.165) is 12.3 Å². The van der Waals surface area contributed by atoms with Crippen LogP contribution in [0.2, 0.25) is 0 Å². The quantitative estimate of drug-likeness (QED) is 0.716. The first-order chi connectivity index (χ1) is 5.22. The Kier molecular flexibility index (Phi) is 3.90. The fourth-order valence-electron chi connectivity index (χ4n) is 0.859. The Morgan fingerprint density at radius 1 is 1.64 bits per heavy atom. The maximum Gasteiger partial charge on any atom is 0.0701 e. The fourth-order valence-corrected chi connectivity index (χ4v) is 2.61. The molecule has 1 rings (SSSR count). The zero-order valence-electron chi connectivity index (χ0n) is 6.31. The second-order valence-electron chi connectivity index (χ2n) is 2.67. The third-order valence-corrected chi connectivity index (χ3v) is 3.61. The molecule has 0 spiro atoms. The number of hydrogen-bond donors (Lipinski definition) is 0. The molecule has 0 radical (unpaired) electrons. The van der Waals surface area contributed by atoms with Gasteiger partial charge in [0.05, 0.1) is 3.79 Å². The highest BCUT2D eigenvalue weighted by Gasteiger charge is 2.03. The third-order valence-electron chi connectivity index (χ3n) is 1.44. The van der Waals surface area contributed by atoms with Crippen molar-refractivity contribution in [3.8, 4) is 0 Å². The zero-order valence-corrected chi connectivity index (χ0v) is 9.47. The van der Waals surface area contributed by atoms with Crippen molar-refractivity contribution in [2.75, 3.05) is 5.88 Å². The van der Waals surface area contributed by atoms with E-state index >= 15 is 0 Å². The second-order valence-corrected chi connectivity index (χ2v) is 5.53. The lowest BCUT2D eigenvalue weighted by Gasteiger charge is -2.02. The first-order valence-corrected chi connectivity index (χ1v) is 5.67.